The second kappa shape index (κ2) is 3.63. The zero-order chi connectivity index (χ0) is 11.9. The van der Waals surface area contributed by atoms with Crippen LogP contribution in [0.25, 0.3) is 0 Å². The molecule has 0 aliphatic heterocycles. The number of aryl methyl sites for hydroxylation is 1. The van der Waals surface area contributed by atoms with Crippen molar-refractivity contribution in [2.24, 2.45) is 0 Å². The average Bonchev–Trinajstić information content (AvgIpc) is 2.07. The van der Waals surface area contributed by atoms with Gasteiger partial charge in [0.2, 0.25) is 0 Å². The second-order valence-corrected chi connectivity index (χ2v) is 3.44. The van der Waals surface area contributed by atoms with Gasteiger partial charge in [-0.25, -0.2) is 0 Å². The zero-order valence-electron chi connectivity index (χ0n) is 7.50. The van der Waals surface area contributed by atoms with Crippen LogP contribution in [0.15, 0.2) is 18.2 Å². The summed E-state index contributed by atoms with van der Waals surface area (Å²) in [6, 6.07) is 2.47. The number of alkyl halides is 5. The molecule has 0 saturated carbocycles. The molecule has 1 aromatic rings. The molecule has 0 spiro atoms. The van der Waals surface area contributed by atoms with Crippen LogP contribution in [-0.4, -0.2) is 6.18 Å². The standard InChI is InChI=1S/C9H6ClF5/c1-5-2-3-6(4-7(5)10)8(11,12)9(13,14)15/h2-4H,1H3. The summed E-state index contributed by atoms with van der Waals surface area (Å²) in [5, 5.41) is -0.114. The summed E-state index contributed by atoms with van der Waals surface area (Å²) in [5.74, 6) is -4.87. The predicted molar refractivity (Wildman–Crippen MR) is 46.1 cm³/mol. The number of halogens is 6. The van der Waals surface area contributed by atoms with Crippen LogP contribution in [0.3, 0.4) is 0 Å². The van der Waals surface area contributed by atoms with E-state index in [1.165, 1.54) is 6.92 Å². The van der Waals surface area contributed by atoms with Crippen LogP contribution in [-0.2, 0) is 5.92 Å². The fraction of sp³-hybridized carbons (Fsp3) is 0.333. The van der Waals surface area contributed by atoms with Crippen molar-refractivity contribution in [3.05, 3.63) is 34.3 Å². The summed E-state index contributed by atoms with van der Waals surface area (Å²) in [4.78, 5) is 0. The predicted octanol–water partition coefficient (Wildman–Crippen LogP) is 4.30. The molecule has 0 nitrogen and oxygen atoms in total. The van der Waals surface area contributed by atoms with E-state index in [9.17, 15) is 22.0 Å². The molecule has 0 bridgehead atoms. The fourth-order valence-corrected chi connectivity index (χ4v) is 1.13. The first-order valence-corrected chi connectivity index (χ1v) is 4.25. The van der Waals surface area contributed by atoms with Crippen molar-refractivity contribution in [2.75, 3.05) is 0 Å². The third-order valence-corrected chi connectivity index (χ3v) is 2.30. The molecule has 0 atom stereocenters. The minimum Gasteiger partial charge on any atom is -0.191 e. The van der Waals surface area contributed by atoms with Gasteiger partial charge in [-0.15, -0.1) is 0 Å². The van der Waals surface area contributed by atoms with Gasteiger partial charge in [-0.05, 0) is 18.6 Å². The van der Waals surface area contributed by atoms with E-state index in [2.05, 4.69) is 0 Å². The van der Waals surface area contributed by atoms with Gasteiger partial charge in [-0.1, -0.05) is 23.7 Å². The third kappa shape index (κ3) is 2.22. The molecule has 0 aliphatic rings. The zero-order valence-corrected chi connectivity index (χ0v) is 8.26. The Hall–Kier alpha value is -0.840. The van der Waals surface area contributed by atoms with E-state index >= 15 is 0 Å². The lowest BCUT2D eigenvalue weighted by Crippen LogP contribution is -2.33. The van der Waals surface area contributed by atoms with E-state index in [4.69, 9.17) is 11.6 Å². The van der Waals surface area contributed by atoms with Crippen LogP contribution in [0.1, 0.15) is 11.1 Å². The van der Waals surface area contributed by atoms with Gasteiger partial charge in [-0.3, -0.25) is 0 Å². The Morgan fingerprint density at radius 1 is 1.07 bits per heavy atom. The highest BCUT2D eigenvalue weighted by atomic mass is 35.5. The highest BCUT2D eigenvalue weighted by Gasteiger charge is 2.58. The van der Waals surface area contributed by atoms with E-state index in [0.717, 1.165) is 6.07 Å². The van der Waals surface area contributed by atoms with Gasteiger partial charge in [0.15, 0.2) is 0 Å². The summed E-state index contributed by atoms with van der Waals surface area (Å²) >= 11 is 5.47. The largest absolute Gasteiger partial charge is 0.458 e. The minimum absolute atomic E-state index is 0.114. The molecule has 1 aromatic carbocycles. The molecule has 0 N–H and O–H groups in total. The Kier molecular flexibility index (Phi) is 2.96. The van der Waals surface area contributed by atoms with Crippen molar-refractivity contribution in [1.82, 2.24) is 0 Å². The number of hydrogen-bond acceptors (Lipinski definition) is 0. The molecule has 0 unspecified atom stereocenters. The Morgan fingerprint density at radius 2 is 1.60 bits per heavy atom. The lowest BCUT2D eigenvalue weighted by molar-refractivity contribution is -0.289. The van der Waals surface area contributed by atoms with Crippen LogP contribution < -0.4 is 0 Å². The van der Waals surface area contributed by atoms with Gasteiger partial charge in [0, 0.05) is 10.6 Å². The van der Waals surface area contributed by atoms with Crippen molar-refractivity contribution in [3.8, 4) is 0 Å². The number of rotatable bonds is 1. The maximum Gasteiger partial charge on any atom is 0.458 e. The smallest absolute Gasteiger partial charge is 0.191 e. The maximum atomic E-state index is 12.8. The molecule has 0 aliphatic carbocycles. The number of hydrogen-bond donors (Lipinski definition) is 0. The highest BCUT2D eigenvalue weighted by molar-refractivity contribution is 6.31. The molecule has 1 rings (SSSR count). The molecule has 0 amide bonds. The molecule has 15 heavy (non-hydrogen) atoms. The Balaban J connectivity index is 3.22. The SMILES string of the molecule is Cc1ccc(C(F)(F)C(F)(F)F)cc1Cl. The summed E-state index contributed by atoms with van der Waals surface area (Å²) in [5.41, 5.74) is -0.705. The van der Waals surface area contributed by atoms with Crippen LogP contribution in [0, 0.1) is 6.92 Å². The van der Waals surface area contributed by atoms with Crippen LogP contribution in [0.5, 0.6) is 0 Å². The maximum absolute atomic E-state index is 12.8. The van der Waals surface area contributed by atoms with Crippen molar-refractivity contribution in [2.45, 2.75) is 19.0 Å². The van der Waals surface area contributed by atoms with Crippen LogP contribution in [0.2, 0.25) is 5.02 Å². The Morgan fingerprint density at radius 3 is 2.00 bits per heavy atom. The van der Waals surface area contributed by atoms with Crippen molar-refractivity contribution >= 4 is 11.6 Å². The van der Waals surface area contributed by atoms with E-state index in [-0.39, 0.29) is 5.02 Å². The van der Waals surface area contributed by atoms with Crippen molar-refractivity contribution < 1.29 is 22.0 Å². The molecule has 6 heteroatoms. The Labute approximate surface area is 87.7 Å². The van der Waals surface area contributed by atoms with Gasteiger partial charge < -0.3 is 0 Å². The number of benzene rings is 1. The molecule has 0 heterocycles. The molecule has 0 aromatic heterocycles. The molecular weight excluding hydrogens is 239 g/mol. The van der Waals surface area contributed by atoms with E-state index in [0.29, 0.717) is 17.7 Å². The van der Waals surface area contributed by atoms with Gasteiger partial charge in [0.25, 0.3) is 0 Å². The summed E-state index contributed by atoms with van der Waals surface area (Å²) in [6.45, 7) is 1.51. The van der Waals surface area contributed by atoms with Gasteiger partial charge in [-0.2, -0.15) is 22.0 Å². The third-order valence-electron chi connectivity index (χ3n) is 1.89. The summed E-state index contributed by atoms with van der Waals surface area (Å²) in [6.07, 6.45) is -5.61. The molecular formula is C9H6ClF5. The lowest BCUT2D eigenvalue weighted by Gasteiger charge is -2.20. The lowest BCUT2D eigenvalue weighted by atomic mass is 10.1. The molecule has 0 fully saturated rings. The van der Waals surface area contributed by atoms with Crippen molar-refractivity contribution in [1.29, 1.82) is 0 Å². The molecule has 0 radical (unpaired) electrons. The van der Waals surface area contributed by atoms with Gasteiger partial charge >= 0.3 is 12.1 Å². The van der Waals surface area contributed by atoms with E-state index in [1.54, 1.807) is 0 Å². The van der Waals surface area contributed by atoms with Gasteiger partial charge in [0.05, 0.1) is 0 Å². The second-order valence-electron chi connectivity index (χ2n) is 3.04. The Bertz CT molecular complexity index is 369. The topological polar surface area (TPSA) is 0 Å². The van der Waals surface area contributed by atoms with E-state index < -0.39 is 17.7 Å². The average molecular weight is 245 g/mol. The van der Waals surface area contributed by atoms with Crippen LogP contribution >= 0.6 is 11.6 Å². The fourth-order valence-electron chi connectivity index (χ4n) is 0.952. The quantitative estimate of drug-likeness (QED) is 0.646. The normalized spacial score (nSPS) is 13.0. The first-order valence-electron chi connectivity index (χ1n) is 3.87. The summed E-state index contributed by atoms with van der Waals surface area (Å²) < 4.78 is 61.5. The monoisotopic (exact) mass is 244 g/mol. The minimum atomic E-state index is -5.61. The first kappa shape index (κ1) is 12.2. The van der Waals surface area contributed by atoms with Crippen molar-refractivity contribution in [3.63, 3.8) is 0 Å². The highest BCUT2D eigenvalue weighted by Crippen LogP contribution is 2.44. The summed E-state index contributed by atoms with van der Waals surface area (Å²) in [7, 11) is 0. The molecule has 84 valence electrons. The van der Waals surface area contributed by atoms with Crippen LogP contribution in [0.4, 0.5) is 22.0 Å². The van der Waals surface area contributed by atoms with E-state index in [1.807, 2.05) is 0 Å². The first-order chi connectivity index (χ1) is 6.66. The molecule has 0 saturated heterocycles. The van der Waals surface area contributed by atoms with Gasteiger partial charge in [0.1, 0.15) is 0 Å².